The number of anilines is 1. The molecule has 0 bridgehead atoms. The maximum atomic E-state index is 13.2. The lowest BCUT2D eigenvalue weighted by atomic mass is 10.1. The van der Waals surface area contributed by atoms with Crippen LogP contribution < -0.4 is 10.6 Å². The van der Waals surface area contributed by atoms with E-state index in [0.717, 1.165) is 22.4 Å². The van der Waals surface area contributed by atoms with Gasteiger partial charge in [0.25, 0.3) is 0 Å². The molecule has 1 aromatic heterocycles. The molecule has 0 spiro atoms. The minimum atomic E-state index is -0.511. The van der Waals surface area contributed by atoms with Gasteiger partial charge in [0.1, 0.15) is 11.0 Å². The van der Waals surface area contributed by atoms with Crippen molar-refractivity contribution in [3.05, 3.63) is 77.9 Å². The first kappa shape index (κ1) is 21.7. The van der Waals surface area contributed by atoms with E-state index in [1.807, 2.05) is 60.7 Å². The van der Waals surface area contributed by atoms with Crippen molar-refractivity contribution >= 4 is 28.2 Å². The summed E-state index contributed by atoms with van der Waals surface area (Å²) in [5.41, 5.74) is 2.23. The third-order valence-corrected chi connectivity index (χ3v) is 5.62. The number of hydrogen-bond acceptors (Lipinski definition) is 5. The number of rotatable bonds is 9. The first-order chi connectivity index (χ1) is 14.6. The molecular formula is C24H26N2O3S. The molecule has 156 valence electrons. The molecule has 1 heterocycles. The van der Waals surface area contributed by atoms with Gasteiger partial charge in [-0.2, -0.15) is 0 Å². The first-order valence-electron chi connectivity index (χ1n) is 10.1. The molecule has 5 nitrogen and oxygen atoms in total. The van der Waals surface area contributed by atoms with E-state index in [1.54, 1.807) is 13.0 Å². The van der Waals surface area contributed by atoms with E-state index in [4.69, 9.17) is 4.74 Å². The van der Waals surface area contributed by atoms with Crippen LogP contribution in [-0.4, -0.2) is 25.0 Å². The van der Waals surface area contributed by atoms with Crippen LogP contribution in [-0.2, 0) is 9.53 Å². The van der Waals surface area contributed by atoms with E-state index in [-0.39, 0.29) is 12.5 Å². The van der Waals surface area contributed by atoms with Crippen LogP contribution in [0, 0.1) is 0 Å². The summed E-state index contributed by atoms with van der Waals surface area (Å²) in [5.74, 6) is -0.648. The monoisotopic (exact) mass is 422 g/mol. The summed E-state index contributed by atoms with van der Waals surface area (Å²) in [6.07, 6.45) is 0.905. The Hall–Kier alpha value is -2.96. The summed E-state index contributed by atoms with van der Waals surface area (Å²) in [6.45, 7) is 4.79. The van der Waals surface area contributed by atoms with Crippen LogP contribution in [0.4, 0.5) is 5.00 Å². The van der Waals surface area contributed by atoms with Gasteiger partial charge in [-0.1, -0.05) is 67.6 Å². The zero-order chi connectivity index (χ0) is 21.3. The Morgan fingerprint density at radius 1 is 1.00 bits per heavy atom. The Bertz CT molecular complexity index is 971. The van der Waals surface area contributed by atoms with Crippen LogP contribution in [0.5, 0.6) is 0 Å². The number of amides is 1. The highest BCUT2D eigenvalue weighted by Gasteiger charge is 2.24. The van der Waals surface area contributed by atoms with Crippen molar-refractivity contribution in [2.24, 2.45) is 0 Å². The third-order valence-electron chi connectivity index (χ3n) is 4.52. The van der Waals surface area contributed by atoms with Gasteiger partial charge in [0.05, 0.1) is 12.2 Å². The fourth-order valence-electron chi connectivity index (χ4n) is 3.07. The standard InChI is InChI=1S/C24H26N2O3S/c1-3-15-25-21(18-13-9-6-10-14-18)22(27)26-23-19(24(28)29-4-2)16-20(30-23)17-11-7-5-8-12-17/h5-14,16,21,25H,3-4,15H2,1-2H3,(H,26,27). The van der Waals surface area contributed by atoms with E-state index in [1.165, 1.54) is 11.3 Å². The first-order valence-corrected chi connectivity index (χ1v) is 10.9. The Morgan fingerprint density at radius 3 is 2.30 bits per heavy atom. The van der Waals surface area contributed by atoms with Crippen LogP contribution in [0.25, 0.3) is 10.4 Å². The zero-order valence-electron chi connectivity index (χ0n) is 17.2. The summed E-state index contributed by atoms with van der Waals surface area (Å²) in [7, 11) is 0. The number of carbonyl (C=O) groups is 2. The smallest absolute Gasteiger partial charge is 0.341 e. The van der Waals surface area contributed by atoms with E-state index in [9.17, 15) is 9.59 Å². The van der Waals surface area contributed by atoms with Gasteiger partial charge in [-0.25, -0.2) is 4.79 Å². The lowest BCUT2D eigenvalue weighted by Gasteiger charge is -2.18. The Balaban J connectivity index is 1.91. The molecule has 1 amide bonds. The van der Waals surface area contributed by atoms with Gasteiger partial charge in [0.15, 0.2) is 0 Å². The Morgan fingerprint density at radius 2 is 1.67 bits per heavy atom. The van der Waals surface area contributed by atoms with E-state index >= 15 is 0 Å². The van der Waals surface area contributed by atoms with Gasteiger partial charge in [0.2, 0.25) is 5.91 Å². The van der Waals surface area contributed by atoms with Gasteiger partial charge in [-0.3, -0.25) is 4.79 Å². The molecule has 3 aromatic rings. The highest BCUT2D eigenvalue weighted by Crippen LogP contribution is 2.36. The molecule has 0 saturated heterocycles. The molecule has 3 rings (SSSR count). The minimum absolute atomic E-state index is 0.207. The molecule has 0 fully saturated rings. The number of nitrogens with one attached hydrogen (secondary N) is 2. The van der Waals surface area contributed by atoms with Crippen LogP contribution in [0.3, 0.4) is 0 Å². The molecule has 2 N–H and O–H groups in total. The van der Waals surface area contributed by atoms with Crippen molar-refractivity contribution in [3.8, 4) is 10.4 Å². The second kappa shape index (κ2) is 10.7. The highest BCUT2D eigenvalue weighted by atomic mass is 32.1. The average molecular weight is 423 g/mol. The van der Waals surface area contributed by atoms with Crippen molar-refractivity contribution in [2.75, 3.05) is 18.5 Å². The second-order valence-electron chi connectivity index (χ2n) is 6.73. The normalized spacial score (nSPS) is 11.7. The summed E-state index contributed by atoms with van der Waals surface area (Å²) in [6, 6.07) is 20.6. The van der Waals surface area contributed by atoms with Crippen molar-refractivity contribution in [1.29, 1.82) is 0 Å². The second-order valence-corrected chi connectivity index (χ2v) is 7.78. The summed E-state index contributed by atoms with van der Waals surface area (Å²) >= 11 is 1.37. The van der Waals surface area contributed by atoms with Gasteiger partial charge >= 0.3 is 5.97 Å². The quantitative estimate of drug-likeness (QED) is 0.461. The van der Waals surface area contributed by atoms with Crippen molar-refractivity contribution < 1.29 is 14.3 Å². The van der Waals surface area contributed by atoms with Crippen molar-refractivity contribution in [3.63, 3.8) is 0 Å². The van der Waals surface area contributed by atoms with Crippen molar-refractivity contribution in [2.45, 2.75) is 26.3 Å². The summed E-state index contributed by atoms with van der Waals surface area (Å²) in [5, 5.41) is 6.76. The van der Waals surface area contributed by atoms with E-state index in [0.29, 0.717) is 17.1 Å². The number of carbonyl (C=O) groups excluding carboxylic acids is 2. The van der Waals surface area contributed by atoms with Crippen molar-refractivity contribution in [1.82, 2.24) is 5.32 Å². The van der Waals surface area contributed by atoms with Crippen LogP contribution in [0.15, 0.2) is 66.7 Å². The van der Waals surface area contributed by atoms with Gasteiger partial charge in [-0.15, -0.1) is 11.3 Å². The molecule has 0 aliphatic carbocycles. The average Bonchev–Trinajstić information content (AvgIpc) is 3.19. The molecule has 1 unspecified atom stereocenters. The summed E-state index contributed by atoms with van der Waals surface area (Å²) in [4.78, 5) is 26.6. The predicted octanol–water partition coefficient (Wildman–Crippen LogP) is 5.27. The number of ether oxygens (including phenoxy) is 1. The maximum absolute atomic E-state index is 13.2. The maximum Gasteiger partial charge on any atom is 0.341 e. The molecule has 1 atom stereocenters. The number of esters is 1. The Labute approximate surface area is 181 Å². The predicted molar refractivity (Wildman–Crippen MR) is 122 cm³/mol. The Kier molecular flexibility index (Phi) is 7.76. The fraction of sp³-hybridized carbons (Fsp3) is 0.250. The largest absolute Gasteiger partial charge is 0.462 e. The number of hydrogen-bond donors (Lipinski definition) is 2. The van der Waals surface area contributed by atoms with Gasteiger partial charge in [0, 0.05) is 4.88 Å². The van der Waals surface area contributed by atoms with E-state index in [2.05, 4.69) is 17.6 Å². The molecule has 6 heteroatoms. The zero-order valence-corrected chi connectivity index (χ0v) is 18.0. The molecule has 2 aromatic carbocycles. The van der Waals surface area contributed by atoms with E-state index < -0.39 is 12.0 Å². The fourth-order valence-corrected chi connectivity index (χ4v) is 4.12. The number of benzene rings is 2. The highest BCUT2D eigenvalue weighted by molar-refractivity contribution is 7.20. The SMILES string of the molecule is CCCNC(C(=O)Nc1sc(-c2ccccc2)cc1C(=O)OCC)c1ccccc1. The molecule has 0 aliphatic heterocycles. The summed E-state index contributed by atoms with van der Waals surface area (Å²) < 4.78 is 5.21. The molecule has 0 saturated carbocycles. The third kappa shape index (κ3) is 5.34. The van der Waals surface area contributed by atoms with Crippen LogP contribution >= 0.6 is 11.3 Å². The topological polar surface area (TPSA) is 67.4 Å². The molecule has 30 heavy (non-hydrogen) atoms. The van der Waals surface area contributed by atoms with Gasteiger partial charge in [-0.05, 0) is 37.1 Å². The lowest BCUT2D eigenvalue weighted by molar-refractivity contribution is -0.118. The molecule has 0 aliphatic rings. The lowest BCUT2D eigenvalue weighted by Crippen LogP contribution is -2.33. The molecular weight excluding hydrogens is 396 g/mol. The van der Waals surface area contributed by atoms with Crippen LogP contribution in [0.1, 0.15) is 42.2 Å². The van der Waals surface area contributed by atoms with Crippen LogP contribution in [0.2, 0.25) is 0 Å². The molecule has 0 radical (unpaired) electrons. The van der Waals surface area contributed by atoms with Gasteiger partial charge < -0.3 is 15.4 Å². The number of thiophene rings is 1. The minimum Gasteiger partial charge on any atom is -0.462 e.